The van der Waals surface area contributed by atoms with Gasteiger partial charge in [0.1, 0.15) is 5.78 Å². The molecule has 1 saturated carbocycles. The number of fused-ring (bicyclic) bond motifs is 2. The number of hydrogen-bond acceptors (Lipinski definition) is 2. The molecule has 1 fully saturated rings. The average molecular weight is 178 g/mol. The van der Waals surface area contributed by atoms with Crippen molar-refractivity contribution in [1.82, 2.24) is 0 Å². The highest BCUT2D eigenvalue weighted by Gasteiger charge is 2.44. The Morgan fingerprint density at radius 1 is 1.62 bits per heavy atom. The topological polar surface area (TPSA) is 34.1 Å². The average Bonchev–Trinajstić information content (AvgIpc) is 2.02. The third-order valence-corrected chi connectivity index (χ3v) is 3.38. The van der Waals surface area contributed by atoms with Crippen LogP contribution in [0, 0.1) is 11.3 Å². The zero-order valence-corrected chi connectivity index (χ0v) is 8.09. The molecule has 0 N–H and O–H groups in total. The van der Waals surface area contributed by atoms with Crippen LogP contribution in [0.2, 0.25) is 0 Å². The predicted molar refractivity (Wildman–Crippen MR) is 49.2 cm³/mol. The van der Waals surface area contributed by atoms with E-state index in [1.165, 1.54) is 0 Å². The summed E-state index contributed by atoms with van der Waals surface area (Å²) in [6.07, 6.45) is 4.40. The molecule has 0 heterocycles. The molecule has 13 heavy (non-hydrogen) atoms. The van der Waals surface area contributed by atoms with Crippen LogP contribution in [0.15, 0.2) is 11.6 Å². The van der Waals surface area contributed by atoms with Crippen LogP contribution in [0.3, 0.4) is 0 Å². The largest absolute Gasteiger partial charge is 0.299 e. The minimum Gasteiger partial charge on any atom is -0.299 e. The van der Waals surface area contributed by atoms with E-state index in [1.54, 1.807) is 6.92 Å². The summed E-state index contributed by atoms with van der Waals surface area (Å²) in [7, 11) is 0. The molecule has 0 spiro atoms. The van der Waals surface area contributed by atoms with Gasteiger partial charge in [-0.1, -0.05) is 13.0 Å². The first kappa shape index (κ1) is 8.67. The van der Waals surface area contributed by atoms with Crippen LogP contribution in [0.1, 0.15) is 33.1 Å². The lowest BCUT2D eigenvalue weighted by Crippen LogP contribution is -2.40. The first-order valence-electron chi connectivity index (χ1n) is 4.79. The lowest BCUT2D eigenvalue weighted by Gasteiger charge is -2.42. The molecule has 2 nitrogen and oxygen atoms in total. The van der Waals surface area contributed by atoms with Crippen molar-refractivity contribution in [3.63, 3.8) is 0 Å². The Bertz CT molecular complexity index is 314. The quantitative estimate of drug-likeness (QED) is 0.614. The lowest BCUT2D eigenvalue weighted by atomic mass is 9.60. The maximum absolute atomic E-state index is 11.5. The minimum atomic E-state index is -0.141. The van der Waals surface area contributed by atoms with Gasteiger partial charge in [-0.05, 0) is 25.3 Å². The van der Waals surface area contributed by atoms with Gasteiger partial charge >= 0.3 is 0 Å². The summed E-state index contributed by atoms with van der Waals surface area (Å²) >= 11 is 0. The highest BCUT2D eigenvalue weighted by molar-refractivity contribution is 5.99. The molecule has 2 bridgehead atoms. The summed E-state index contributed by atoms with van der Waals surface area (Å²) < 4.78 is 0. The summed E-state index contributed by atoms with van der Waals surface area (Å²) in [4.78, 5) is 22.8. The van der Waals surface area contributed by atoms with Crippen LogP contribution in [-0.2, 0) is 9.59 Å². The highest BCUT2D eigenvalue weighted by Crippen LogP contribution is 2.48. The van der Waals surface area contributed by atoms with Crippen molar-refractivity contribution in [3.05, 3.63) is 11.6 Å². The summed E-state index contributed by atoms with van der Waals surface area (Å²) in [5.74, 6) is 0.499. The van der Waals surface area contributed by atoms with Gasteiger partial charge in [-0.25, -0.2) is 0 Å². The van der Waals surface area contributed by atoms with Crippen molar-refractivity contribution in [2.24, 2.45) is 11.3 Å². The van der Waals surface area contributed by atoms with Gasteiger partial charge in [0.05, 0.1) is 0 Å². The number of rotatable bonds is 1. The van der Waals surface area contributed by atoms with Crippen LogP contribution in [0.4, 0.5) is 0 Å². The van der Waals surface area contributed by atoms with Crippen LogP contribution in [0.25, 0.3) is 0 Å². The van der Waals surface area contributed by atoms with Gasteiger partial charge in [0, 0.05) is 17.8 Å². The van der Waals surface area contributed by atoms with Gasteiger partial charge in [-0.2, -0.15) is 0 Å². The number of allylic oxidation sites excluding steroid dienone is 2. The molecule has 0 radical (unpaired) electrons. The molecule has 0 aromatic carbocycles. The highest BCUT2D eigenvalue weighted by atomic mass is 16.1. The molecule has 0 aromatic heterocycles. The summed E-state index contributed by atoms with van der Waals surface area (Å²) in [6.45, 7) is 3.63. The van der Waals surface area contributed by atoms with E-state index in [1.807, 2.05) is 13.0 Å². The van der Waals surface area contributed by atoms with E-state index in [-0.39, 0.29) is 17.1 Å². The Balaban J connectivity index is 2.45. The Kier molecular flexibility index (Phi) is 1.69. The summed E-state index contributed by atoms with van der Waals surface area (Å²) in [5.41, 5.74) is 0.751. The number of ketones is 2. The lowest BCUT2D eigenvalue weighted by molar-refractivity contribution is -0.127. The second kappa shape index (κ2) is 2.53. The van der Waals surface area contributed by atoms with Crippen molar-refractivity contribution in [2.45, 2.75) is 33.1 Å². The van der Waals surface area contributed by atoms with Gasteiger partial charge in [-0.15, -0.1) is 0 Å². The Morgan fingerprint density at radius 3 is 2.77 bits per heavy atom. The van der Waals surface area contributed by atoms with Gasteiger partial charge in [0.15, 0.2) is 5.78 Å². The van der Waals surface area contributed by atoms with Gasteiger partial charge in [-0.3, -0.25) is 9.59 Å². The molecule has 0 aromatic rings. The van der Waals surface area contributed by atoms with E-state index in [2.05, 4.69) is 0 Å². The summed E-state index contributed by atoms with van der Waals surface area (Å²) in [5, 5.41) is 0. The zero-order chi connectivity index (χ0) is 9.64. The van der Waals surface area contributed by atoms with Crippen molar-refractivity contribution in [1.29, 1.82) is 0 Å². The van der Waals surface area contributed by atoms with Gasteiger partial charge < -0.3 is 0 Å². The number of Topliss-reactive ketones (excluding diaryl/α,β-unsaturated/α-hetero) is 2. The van der Waals surface area contributed by atoms with Crippen LogP contribution < -0.4 is 0 Å². The van der Waals surface area contributed by atoms with Crippen molar-refractivity contribution >= 4 is 11.6 Å². The SMILES string of the molecule is CC(=O)C1=C[C@H]2CC[C@]1(C)CC2=O. The predicted octanol–water partition coefficient (Wildman–Crippen LogP) is 1.89. The number of carbonyl (C=O) groups excluding carboxylic acids is 2. The molecular weight excluding hydrogens is 164 g/mol. The maximum atomic E-state index is 11.5. The molecular formula is C11H14O2. The van der Waals surface area contributed by atoms with Crippen molar-refractivity contribution < 1.29 is 9.59 Å². The third-order valence-electron chi connectivity index (χ3n) is 3.38. The monoisotopic (exact) mass is 178 g/mol. The molecule has 2 heteroatoms. The summed E-state index contributed by atoms with van der Waals surface area (Å²) in [6, 6.07) is 0. The van der Waals surface area contributed by atoms with E-state index in [9.17, 15) is 9.59 Å². The second-order valence-corrected chi connectivity index (χ2v) is 4.49. The maximum Gasteiger partial charge on any atom is 0.156 e. The normalized spacial score (nSPS) is 37.5. The standard InChI is InChI=1S/C11H14O2/c1-7(12)9-5-8-3-4-11(9,2)6-10(8)13/h5,8H,3-4,6H2,1-2H3/t8-,11-/m1/s1. The van der Waals surface area contributed by atoms with Gasteiger partial charge in [0.2, 0.25) is 0 Å². The molecule has 2 atom stereocenters. The van der Waals surface area contributed by atoms with Crippen LogP contribution in [-0.4, -0.2) is 11.6 Å². The molecule has 3 rings (SSSR count). The zero-order valence-electron chi connectivity index (χ0n) is 8.09. The van der Waals surface area contributed by atoms with E-state index >= 15 is 0 Å². The van der Waals surface area contributed by atoms with E-state index in [4.69, 9.17) is 0 Å². The van der Waals surface area contributed by atoms with E-state index in [0.717, 1.165) is 18.4 Å². The minimum absolute atomic E-state index is 0.0423. The molecule has 0 saturated heterocycles. The number of hydrogen-bond donors (Lipinski definition) is 0. The van der Waals surface area contributed by atoms with Crippen LogP contribution in [0.5, 0.6) is 0 Å². The van der Waals surface area contributed by atoms with E-state index < -0.39 is 0 Å². The first-order valence-corrected chi connectivity index (χ1v) is 4.79. The van der Waals surface area contributed by atoms with Gasteiger partial charge in [0.25, 0.3) is 0 Å². The van der Waals surface area contributed by atoms with Crippen LogP contribution >= 0.6 is 0 Å². The molecule has 0 unspecified atom stereocenters. The molecule has 0 amide bonds. The Labute approximate surface area is 78.0 Å². The molecule has 3 aliphatic rings. The Hall–Kier alpha value is -0.920. The molecule has 0 aliphatic heterocycles. The number of carbonyl (C=O) groups is 2. The fraction of sp³-hybridized carbons (Fsp3) is 0.636. The fourth-order valence-electron chi connectivity index (χ4n) is 2.59. The third kappa shape index (κ3) is 1.16. The fourth-order valence-corrected chi connectivity index (χ4v) is 2.59. The molecule has 70 valence electrons. The first-order chi connectivity index (χ1) is 6.03. The smallest absolute Gasteiger partial charge is 0.156 e. The molecule has 3 aliphatic carbocycles. The second-order valence-electron chi connectivity index (χ2n) is 4.49. The van der Waals surface area contributed by atoms with E-state index in [0.29, 0.717) is 12.2 Å². The van der Waals surface area contributed by atoms with Crippen molar-refractivity contribution in [3.8, 4) is 0 Å². The Morgan fingerprint density at radius 2 is 2.31 bits per heavy atom. The van der Waals surface area contributed by atoms with Crippen molar-refractivity contribution in [2.75, 3.05) is 0 Å².